The van der Waals surface area contributed by atoms with Crippen molar-refractivity contribution in [3.05, 3.63) is 46.6 Å². The van der Waals surface area contributed by atoms with Crippen molar-refractivity contribution in [2.45, 2.75) is 25.5 Å². The first-order valence-electron chi connectivity index (χ1n) is 6.74. The zero-order chi connectivity index (χ0) is 14.1. The highest BCUT2D eigenvalue weighted by molar-refractivity contribution is 8.00. The molecule has 2 heterocycles. The molecule has 1 amide bonds. The van der Waals surface area contributed by atoms with E-state index in [0.29, 0.717) is 11.6 Å². The first-order chi connectivity index (χ1) is 9.69. The molecule has 1 aromatic heterocycles. The number of aromatic amines is 1. The number of amides is 1. The molecule has 104 valence electrons. The van der Waals surface area contributed by atoms with Crippen molar-refractivity contribution >= 4 is 23.5 Å². The molecule has 3 rings (SSSR count). The Labute approximate surface area is 122 Å². The van der Waals surface area contributed by atoms with E-state index in [0.717, 1.165) is 17.7 Å². The Morgan fingerprint density at radius 3 is 2.80 bits per heavy atom. The summed E-state index contributed by atoms with van der Waals surface area (Å²) in [6.07, 6.45) is 1.04. The van der Waals surface area contributed by atoms with E-state index in [9.17, 15) is 4.79 Å². The number of nitrogens with one attached hydrogen (secondary N) is 2. The zero-order valence-corrected chi connectivity index (χ0v) is 12.4. The summed E-state index contributed by atoms with van der Waals surface area (Å²) in [5, 5.41) is 10.2. The second-order valence-corrected chi connectivity index (χ2v) is 6.04. The lowest BCUT2D eigenvalue weighted by Crippen LogP contribution is -2.12. The lowest BCUT2D eigenvalue weighted by atomic mass is 10.0. The van der Waals surface area contributed by atoms with Crippen LogP contribution in [0, 0.1) is 6.92 Å². The molecule has 0 aliphatic carbocycles. The van der Waals surface area contributed by atoms with E-state index in [-0.39, 0.29) is 11.2 Å². The van der Waals surface area contributed by atoms with Crippen LogP contribution >= 0.6 is 11.8 Å². The van der Waals surface area contributed by atoms with E-state index in [1.807, 2.05) is 6.92 Å². The van der Waals surface area contributed by atoms with Crippen molar-refractivity contribution in [1.82, 2.24) is 10.2 Å². The van der Waals surface area contributed by atoms with E-state index in [4.69, 9.17) is 0 Å². The van der Waals surface area contributed by atoms with Crippen LogP contribution in [0.1, 0.15) is 34.6 Å². The average Bonchev–Trinajstić information content (AvgIpc) is 2.72. The van der Waals surface area contributed by atoms with Gasteiger partial charge in [0.1, 0.15) is 0 Å². The summed E-state index contributed by atoms with van der Waals surface area (Å²) < 4.78 is 0. The van der Waals surface area contributed by atoms with Crippen molar-refractivity contribution in [1.29, 1.82) is 0 Å². The fraction of sp³-hybridized carbons (Fsp3) is 0.333. The summed E-state index contributed by atoms with van der Waals surface area (Å²) in [6, 6.07) is 8.63. The molecule has 0 saturated heterocycles. The quantitative estimate of drug-likeness (QED) is 0.892. The van der Waals surface area contributed by atoms with Crippen LogP contribution in [0.3, 0.4) is 0 Å². The standard InChI is InChI=1S/C15H17N3OS/c1-3-10-4-6-11(7-5-10)14-13-9(2)17-18-15(13)16-12(19)8-20-14/h4-7,14H,3,8H2,1-2H3,(H2,16,17,18,19)/t14-/m0/s1. The van der Waals surface area contributed by atoms with Gasteiger partial charge in [-0.3, -0.25) is 9.89 Å². The van der Waals surface area contributed by atoms with Gasteiger partial charge in [0.2, 0.25) is 5.91 Å². The topological polar surface area (TPSA) is 57.8 Å². The van der Waals surface area contributed by atoms with Gasteiger partial charge in [0.25, 0.3) is 0 Å². The first kappa shape index (κ1) is 13.2. The predicted molar refractivity (Wildman–Crippen MR) is 82.1 cm³/mol. The third-order valence-corrected chi connectivity index (χ3v) is 4.86. The van der Waals surface area contributed by atoms with Crippen molar-refractivity contribution in [3.63, 3.8) is 0 Å². The van der Waals surface area contributed by atoms with Crippen LogP contribution in [0.15, 0.2) is 24.3 Å². The number of carbonyl (C=O) groups is 1. The number of rotatable bonds is 2. The Morgan fingerprint density at radius 1 is 1.35 bits per heavy atom. The molecule has 1 aliphatic rings. The van der Waals surface area contributed by atoms with Crippen LogP contribution < -0.4 is 5.32 Å². The second kappa shape index (κ2) is 5.32. The van der Waals surface area contributed by atoms with E-state index in [1.165, 1.54) is 11.1 Å². The lowest BCUT2D eigenvalue weighted by molar-refractivity contribution is -0.113. The van der Waals surface area contributed by atoms with Crippen molar-refractivity contribution in [3.8, 4) is 0 Å². The van der Waals surface area contributed by atoms with Gasteiger partial charge in [0.05, 0.1) is 11.0 Å². The zero-order valence-electron chi connectivity index (χ0n) is 11.6. The molecule has 2 aromatic rings. The smallest absolute Gasteiger partial charge is 0.235 e. The van der Waals surface area contributed by atoms with Gasteiger partial charge in [0, 0.05) is 11.3 Å². The Morgan fingerprint density at radius 2 is 2.10 bits per heavy atom. The number of carbonyl (C=O) groups excluding carboxylic acids is 1. The van der Waals surface area contributed by atoms with Crippen molar-refractivity contribution in [2.24, 2.45) is 0 Å². The number of nitrogens with zero attached hydrogens (tertiary/aromatic N) is 1. The Kier molecular flexibility index (Phi) is 3.53. The van der Waals surface area contributed by atoms with Crippen LogP contribution in [-0.2, 0) is 11.2 Å². The van der Waals surface area contributed by atoms with Gasteiger partial charge in [-0.2, -0.15) is 5.10 Å². The maximum absolute atomic E-state index is 11.7. The van der Waals surface area contributed by atoms with Gasteiger partial charge in [0.15, 0.2) is 5.82 Å². The van der Waals surface area contributed by atoms with Gasteiger partial charge < -0.3 is 5.32 Å². The monoisotopic (exact) mass is 287 g/mol. The molecule has 4 nitrogen and oxygen atoms in total. The maximum Gasteiger partial charge on any atom is 0.235 e. The van der Waals surface area contributed by atoms with E-state index in [2.05, 4.69) is 46.7 Å². The van der Waals surface area contributed by atoms with Gasteiger partial charge in [-0.15, -0.1) is 11.8 Å². The number of H-pyrrole nitrogens is 1. The Hall–Kier alpha value is -1.75. The van der Waals surface area contributed by atoms with Gasteiger partial charge in [-0.25, -0.2) is 0 Å². The highest BCUT2D eigenvalue weighted by Gasteiger charge is 2.27. The number of aromatic nitrogens is 2. The average molecular weight is 287 g/mol. The molecule has 1 aliphatic heterocycles. The molecule has 0 bridgehead atoms. The second-order valence-electron chi connectivity index (χ2n) is 4.95. The van der Waals surface area contributed by atoms with E-state index in [1.54, 1.807) is 11.8 Å². The van der Waals surface area contributed by atoms with Crippen LogP contribution in [0.2, 0.25) is 0 Å². The molecule has 20 heavy (non-hydrogen) atoms. The molecule has 0 unspecified atom stereocenters. The molecular weight excluding hydrogens is 270 g/mol. The molecule has 0 fully saturated rings. The number of hydrogen-bond acceptors (Lipinski definition) is 3. The highest BCUT2D eigenvalue weighted by Crippen LogP contribution is 2.42. The summed E-state index contributed by atoms with van der Waals surface area (Å²) in [4.78, 5) is 11.7. The van der Waals surface area contributed by atoms with Crippen LogP contribution in [0.5, 0.6) is 0 Å². The van der Waals surface area contributed by atoms with Gasteiger partial charge in [-0.05, 0) is 24.5 Å². The SMILES string of the molecule is CCc1ccc([C@@H]2SCC(=O)Nc3n[nH]c(C)c32)cc1. The first-order valence-corrected chi connectivity index (χ1v) is 7.79. The predicted octanol–water partition coefficient (Wildman–Crippen LogP) is 3.06. The fourth-order valence-electron chi connectivity index (χ4n) is 2.46. The van der Waals surface area contributed by atoms with Crippen LogP contribution in [-0.4, -0.2) is 21.9 Å². The molecule has 0 radical (unpaired) electrons. The summed E-state index contributed by atoms with van der Waals surface area (Å²) in [7, 11) is 0. The molecular formula is C15H17N3OS. The number of anilines is 1. The minimum Gasteiger partial charge on any atom is -0.308 e. The molecule has 5 heteroatoms. The highest BCUT2D eigenvalue weighted by atomic mass is 32.2. The van der Waals surface area contributed by atoms with E-state index < -0.39 is 0 Å². The lowest BCUT2D eigenvalue weighted by Gasteiger charge is -2.15. The van der Waals surface area contributed by atoms with Gasteiger partial charge >= 0.3 is 0 Å². The number of fused-ring (bicyclic) bond motifs is 1. The number of benzene rings is 1. The maximum atomic E-state index is 11.7. The van der Waals surface area contributed by atoms with Crippen molar-refractivity contribution in [2.75, 3.05) is 11.1 Å². The Bertz CT molecular complexity index is 633. The third kappa shape index (κ3) is 2.33. The van der Waals surface area contributed by atoms with E-state index >= 15 is 0 Å². The number of hydrogen-bond donors (Lipinski definition) is 2. The summed E-state index contributed by atoms with van der Waals surface area (Å²) in [6.45, 7) is 4.15. The fourth-order valence-corrected chi connectivity index (χ4v) is 3.65. The van der Waals surface area contributed by atoms with Crippen LogP contribution in [0.4, 0.5) is 5.82 Å². The largest absolute Gasteiger partial charge is 0.308 e. The summed E-state index contributed by atoms with van der Waals surface area (Å²) >= 11 is 1.65. The minimum absolute atomic E-state index is 0.00966. The minimum atomic E-state index is 0.00966. The number of thioether (sulfide) groups is 1. The summed E-state index contributed by atoms with van der Waals surface area (Å²) in [5.74, 6) is 1.13. The Balaban J connectivity index is 2.03. The number of aryl methyl sites for hydroxylation is 2. The van der Waals surface area contributed by atoms with Crippen molar-refractivity contribution < 1.29 is 4.79 Å². The molecule has 2 N–H and O–H groups in total. The normalized spacial score (nSPS) is 18.3. The van der Waals surface area contributed by atoms with Crippen LogP contribution in [0.25, 0.3) is 0 Å². The molecule has 1 aromatic carbocycles. The molecule has 1 atom stereocenters. The molecule has 0 spiro atoms. The summed E-state index contributed by atoms with van der Waals surface area (Å²) in [5.41, 5.74) is 4.64. The molecule has 0 saturated carbocycles. The third-order valence-electron chi connectivity index (χ3n) is 3.59. The van der Waals surface area contributed by atoms with Gasteiger partial charge in [-0.1, -0.05) is 31.2 Å².